The van der Waals surface area contributed by atoms with E-state index in [0.717, 1.165) is 0 Å². The van der Waals surface area contributed by atoms with Gasteiger partial charge >= 0.3 is 5.97 Å². The fourth-order valence-electron chi connectivity index (χ4n) is 1.73. The normalized spacial score (nSPS) is 10.6. The average molecular weight is 286 g/mol. The van der Waals surface area contributed by atoms with Crippen molar-refractivity contribution in [2.75, 3.05) is 6.61 Å². The van der Waals surface area contributed by atoms with E-state index in [4.69, 9.17) is 27.9 Å². The first-order valence-electron chi connectivity index (χ1n) is 5.21. The number of fused-ring (bicyclic) bond motifs is 1. The maximum absolute atomic E-state index is 11.7. The van der Waals surface area contributed by atoms with E-state index in [0.29, 0.717) is 27.4 Å². The zero-order chi connectivity index (χ0) is 13.3. The Labute approximate surface area is 113 Å². The first kappa shape index (κ1) is 12.9. The third-order valence-corrected chi connectivity index (χ3v) is 2.99. The summed E-state index contributed by atoms with van der Waals surface area (Å²) in [7, 11) is 0. The highest BCUT2D eigenvalue weighted by Gasteiger charge is 2.18. The Morgan fingerprint density at radius 1 is 1.39 bits per heavy atom. The van der Waals surface area contributed by atoms with Crippen molar-refractivity contribution in [1.29, 1.82) is 0 Å². The molecule has 1 heterocycles. The number of hydrogen-bond acceptors (Lipinski definition) is 3. The number of aromatic nitrogens is 1. The number of esters is 1. The second-order valence-corrected chi connectivity index (χ2v) is 4.39. The summed E-state index contributed by atoms with van der Waals surface area (Å²) in [5, 5.41) is 1.35. The van der Waals surface area contributed by atoms with E-state index in [-0.39, 0.29) is 12.3 Å². The van der Waals surface area contributed by atoms with Crippen LogP contribution in [0.4, 0.5) is 0 Å². The lowest BCUT2D eigenvalue weighted by molar-refractivity contribution is 0.0518. The smallest absolute Gasteiger partial charge is 0.355 e. The molecule has 4 nitrogen and oxygen atoms in total. The first-order valence-corrected chi connectivity index (χ1v) is 5.96. The van der Waals surface area contributed by atoms with E-state index in [1.54, 1.807) is 19.1 Å². The molecule has 0 aliphatic heterocycles. The topological polar surface area (TPSA) is 48.3 Å². The highest BCUT2D eigenvalue weighted by molar-refractivity contribution is 6.38. The third-order valence-electron chi connectivity index (χ3n) is 2.46. The molecular formula is C12H9Cl2NO3. The van der Waals surface area contributed by atoms with Crippen LogP contribution in [-0.4, -0.2) is 23.6 Å². The number of ether oxygens (including phenoxy) is 1. The molecule has 0 aliphatic rings. The van der Waals surface area contributed by atoms with Gasteiger partial charge in [-0.1, -0.05) is 23.2 Å². The lowest BCUT2D eigenvalue weighted by Gasteiger charge is -2.02. The highest BCUT2D eigenvalue weighted by Crippen LogP contribution is 2.30. The maximum Gasteiger partial charge on any atom is 0.355 e. The quantitative estimate of drug-likeness (QED) is 0.643. The summed E-state index contributed by atoms with van der Waals surface area (Å²) in [5.74, 6) is -0.576. The number of benzene rings is 1. The third kappa shape index (κ3) is 2.09. The standard InChI is InChI=1S/C12H9Cl2NO3/c1-2-18-12(17)11-5-8-9(14)3-7(13)4-10(8)15(11)6-16/h3-6H,2H2,1H3. The zero-order valence-corrected chi connectivity index (χ0v) is 11.0. The minimum absolute atomic E-state index is 0.131. The van der Waals surface area contributed by atoms with Crippen molar-refractivity contribution in [3.8, 4) is 0 Å². The van der Waals surface area contributed by atoms with Gasteiger partial charge in [0.15, 0.2) is 0 Å². The van der Waals surface area contributed by atoms with Gasteiger partial charge in [-0.3, -0.25) is 9.36 Å². The predicted molar refractivity (Wildman–Crippen MR) is 70.1 cm³/mol. The van der Waals surface area contributed by atoms with Crippen LogP contribution in [0.3, 0.4) is 0 Å². The van der Waals surface area contributed by atoms with Gasteiger partial charge in [0.25, 0.3) is 0 Å². The Balaban J connectivity index is 2.72. The summed E-state index contributed by atoms with van der Waals surface area (Å²) in [6.45, 7) is 1.92. The zero-order valence-electron chi connectivity index (χ0n) is 9.44. The van der Waals surface area contributed by atoms with Gasteiger partial charge in [-0.05, 0) is 25.1 Å². The van der Waals surface area contributed by atoms with Crippen LogP contribution < -0.4 is 0 Å². The molecule has 2 aromatic rings. The molecule has 2 rings (SSSR count). The minimum Gasteiger partial charge on any atom is -0.461 e. The monoisotopic (exact) mass is 285 g/mol. The second-order valence-electron chi connectivity index (χ2n) is 3.55. The van der Waals surface area contributed by atoms with Crippen molar-refractivity contribution in [2.24, 2.45) is 0 Å². The van der Waals surface area contributed by atoms with Gasteiger partial charge in [-0.25, -0.2) is 4.79 Å². The molecule has 0 bridgehead atoms. The summed E-state index contributed by atoms with van der Waals surface area (Å²) >= 11 is 11.9. The van der Waals surface area contributed by atoms with Crippen LogP contribution in [0.25, 0.3) is 10.9 Å². The van der Waals surface area contributed by atoms with Crippen LogP contribution in [0.5, 0.6) is 0 Å². The molecule has 0 aliphatic carbocycles. The molecular weight excluding hydrogens is 277 g/mol. The molecule has 0 saturated carbocycles. The molecule has 94 valence electrons. The highest BCUT2D eigenvalue weighted by atomic mass is 35.5. The molecule has 0 fully saturated rings. The van der Waals surface area contributed by atoms with Crippen LogP contribution in [0, 0.1) is 0 Å². The van der Waals surface area contributed by atoms with Crippen LogP contribution in [0.2, 0.25) is 10.0 Å². The summed E-state index contributed by atoms with van der Waals surface area (Å²) in [6, 6.07) is 4.63. The number of carbonyl (C=O) groups excluding carboxylic acids is 2. The van der Waals surface area contributed by atoms with E-state index in [9.17, 15) is 9.59 Å². The van der Waals surface area contributed by atoms with Crippen molar-refractivity contribution in [1.82, 2.24) is 4.57 Å². The summed E-state index contributed by atoms with van der Waals surface area (Å²) in [6.07, 6.45) is 0.529. The second kappa shape index (κ2) is 5.00. The van der Waals surface area contributed by atoms with Crippen molar-refractivity contribution in [3.63, 3.8) is 0 Å². The molecule has 1 aromatic carbocycles. The molecule has 0 unspecified atom stereocenters. The number of carbonyl (C=O) groups is 2. The lowest BCUT2D eigenvalue weighted by atomic mass is 10.2. The fraction of sp³-hybridized carbons (Fsp3) is 0.167. The molecule has 0 amide bonds. The largest absolute Gasteiger partial charge is 0.461 e. The van der Waals surface area contributed by atoms with E-state index < -0.39 is 5.97 Å². The van der Waals surface area contributed by atoms with Gasteiger partial charge in [0.05, 0.1) is 17.1 Å². The van der Waals surface area contributed by atoms with E-state index in [1.165, 1.54) is 10.6 Å². The molecule has 6 heteroatoms. The first-order chi connectivity index (χ1) is 8.58. The Morgan fingerprint density at radius 3 is 2.72 bits per heavy atom. The Bertz CT molecular complexity index is 634. The number of nitrogens with zero attached hydrogens (tertiary/aromatic N) is 1. The van der Waals surface area contributed by atoms with Crippen molar-refractivity contribution in [3.05, 3.63) is 33.9 Å². The van der Waals surface area contributed by atoms with Gasteiger partial charge < -0.3 is 4.74 Å². The Kier molecular flexibility index (Phi) is 3.59. The molecule has 0 N–H and O–H groups in total. The van der Waals surface area contributed by atoms with Crippen molar-refractivity contribution in [2.45, 2.75) is 6.92 Å². The molecule has 0 atom stereocenters. The molecule has 1 aromatic heterocycles. The molecule has 0 spiro atoms. The number of rotatable bonds is 3. The van der Waals surface area contributed by atoms with Gasteiger partial charge in [0.2, 0.25) is 6.41 Å². The summed E-state index contributed by atoms with van der Waals surface area (Å²) in [5.41, 5.74) is 0.608. The lowest BCUT2D eigenvalue weighted by Crippen LogP contribution is -2.11. The number of hydrogen-bond donors (Lipinski definition) is 0. The van der Waals surface area contributed by atoms with Crippen LogP contribution >= 0.6 is 23.2 Å². The SMILES string of the molecule is CCOC(=O)c1cc2c(Cl)cc(Cl)cc2n1C=O. The number of halogens is 2. The van der Waals surface area contributed by atoms with Gasteiger partial charge in [0, 0.05) is 10.4 Å². The van der Waals surface area contributed by atoms with E-state index in [2.05, 4.69) is 0 Å². The van der Waals surface area contributed by atoms with E-state index >= 15 is 0 Å². The van der Waals surface area contributed by atoms with Crippen LogP contribution in [0.15, 0.2) is 18.2 Å². The Morgan fingerprint density at radius 2 is 2.11 bits per heavy atom. The fourth-order valence-corrected chi connectivity index (χ4v) is 2.26. The minimum atomic E-state index is -0.576. The predicted octanol–water partition coefficient (Wildman–Crippen LogP) is 3.16. The van der Waals surface area contributed by atoms with Crippen molar-refractivity contribution >= 4 is 46.5 Å². The van der Waals surface area contributed by atoms with E-state index in [1.807, 2.05) is 0 Å². The maximum atomic E-state index is 11.7. The van der Waals surface area contributed by atoms with Gasteiger partial charge in [-0.2, -0.15) is 0 Å². The van der Waals surface area contributed by atoms with Crippen LogP contribution in [0.1, 0.15) is 17.4 Å². The Hall–Kier alpha value is -1.52. The molecule has 0 radical (unpaired) electrons. The average Bonchev–Trinajstić information content (AvgIpc) is 2.68. The van der Waals surface area contributed by atoms with Gasteiger partial charge in [-0.15, -0.1) is 0 Å². The molecule has 0 saturated heterocycles. The summed E-state index contributed by atoms with van der Waals surface area (Å²) in [4.78, 5) is 22.8. The van der Waals surface area contributed by atoms with Gasteiger partial charge in [0.1, 0.15) is 5.69 Å². The van der Waals surface area contributed by atoms with Crippen LogP contribution in [-0.2, 0) is 9.53 Å². The summed E-state index contributed by atoms with van der Waals surface area (Å²) < 4.78 is 6.05. The molecule has 18 heavy (non-hydrogen) atoms. The van der Waals surface area contributed by atoms with Crippen molar-refractivity contribution < 1.29 is 14.3 Å².